The van der Waals surface area contributed by atoms with E-state index in [0.717, 1.165) is 52.2 Å². The molecule has 6 aromatic rings. The number of nitrogens with two attached hydrogens (primary N) is 3. The summed E-state index contributed by atoms with van der Waals surface area (Å²) in [5.41, 5.74) is 24.7. The van der Waals surface area contributed by atoms with Gasteiger partial charge in [-0.25, -0.2) is 4.98 Å². The van der Waals surface area contributed by atoms with Crippen LogP contribution >= 0.6 is 0 Å². The number of benzene rings is 5. The van der Waals surface area contributed by atoms with E-state index in [4.69, 9.17) is 38.1 Å². The molecule has 0 aliphatic rings. The predicted octanol–water partition coefficient (Wildman–Crippen LogP) is 0.962. The highest BCUT2D eigenvalue weighted by Gasteiger charge is 2.37. The number of unbranched alkanes of at least 4 members (excludes halogenated alkanes) is 1. The molecular weight excluding hydrogens is 1640 g/mol. The molecule has 6 rings (SSSR count). The second kappa shape index (κ2) is 52.9. The van der Waals surface area contributed by atoms with Crippen LogP contribution in [0, 0.1) is 22.7 Å². The van der Waals surface area contributed by atoms with E-state index in [1.165, 1.54) is 13.8 Å². The molecule has 1 heterocycles. The zero-order valence-electron chi connectivity index (χ0n) is 73.6. The lowest BCUT2D eigenvalue weighted by Gasteiger charge is -2.28. The van der Waals surface area contributed by atoms with Gasteiger partial charge in [0.15, 0.2) is 11.9 Å². The lowest BCUT2D eigenvalue weighted by Crippen LogP contribution is -2.61. The number of para-hydroxylation sites is 1. The van der Waals surface area contributed by atoms with E-state index in [0.29, 0.717) is 42.7 Å². The number of hydrogen-bond acceptors (Lipinski definition) is 22. The summed E-state index contributed by atoms with van der Waals surface area (Å²) in [6.45, 7) is 13.8. The number of rotatable bonds is 54. The number of nitrogens with one attached hydrogen (secondary N) is 16. The van der Waals surface area contributed by atoms with Crippen molar-refractivity contribution in [2.75, 3.05) is 82.3 Å². The molecule has 40 nitrogen and oxygen atoms in total. The van der Waals surface area contributed by atoms with Crippen molar-refractivity contribution in [2.45, 2.75) is 187 Å². The van der Waals surface area contributed by atoms with Crippen LogP contribution in [0.4, 0.5) is 22.7 Å². The number of carboxylic acids is 1. The van der Waals surface area contributed by atoms with Gasteiger partial charge in [-0.2, -0.15) is 10.2 Å². The Balaban J connectivity index is 1.05. The van der Waals surface area contributed by atoms with Gasteiger partial charge in [0, 0.05) is 94.8 Å². The van der Waals surface area contributed by atoms with Gasteiger partial charge in [0.05, 0.1) is 37.1 Å². The summed E-state index contributed by atoms with van der Waals surface area (Å²) in [5.74, 6) is -12.6. The van der Waals surface area contributed by atoms with Crippen LogP contribution in [0.1, 0.15) is 132 Å². The summed E-state index contributed by atoms with van der Waals surface area (Å²) in [4.78, 5) is 185. The molecule has 0 aliphatic heterocycles. The predicted molar refractivity (Wildman–Crippen MR) is 480 cm³/mol. The van der Waals surface area contributed by atoms with E-state index in [-0.39, 0.29) is 95.2 Å². The Kier molecular flexibility index (Phi) is 42.6. The Morgan fingerprint density at radius 2 is 0.992 bits per heavy atom. The fourth-order valence-electron chi connectivity index (χ4n) is 13.6. The Labute approximate surface area is 738 Å². The van der Waals surface area contributed by atoms with E-state index < -0.39 is 163 Å². The third-order valence-electron chi connectivity index (χ3n) is 20.7. The van der Waals surface area contributed by atoms with Crippen LogP contribution in [0.5, 0.6) is 0 Å². The third-order valence-corrected chi connectivity index (χ3v) is 20.7. The topological polar surface area (TPSA) is 605 Å². The van der Waals surface area contributed by atoms with Gasteiger partial charge < -0.3 is 112 Å². The van der Waals surface area contributed by atoms with Crippen LogP contribution in [-0.2, 0) is 68.7 Å². The number of azo groups is 1. The van der Waals surface area contributed by atoms with E-state index in [1.54, 1.807) is 58.0 Å². The number of carbonyl (C=O) groups excluding carboxylic acids is 12. The number of anilines is 2. The lowest BCUT2D eigenvalue weighted by atomic mass is 9.97. The van der Waals surface area contributed by atoms with Gasteiger partial charge in [0.25, 0.3) is 0 Å². The van der Waals surface area contributed by atoms with E-state index in [2.05, 4.69) is 138 Å². The van der Waals surface area contributed by atoms with Gasteiger partial charge in [-0.1, -0.05) is 82.6 Å². The minimum Gasteiger partial charge on any atom is -0.480 e. The van der Waals surface area contributed by atoms with Crippen molar-refractivity contribution in [3.8, 4) is 5.69 Å². The molecule has 1 aromatic heterocycles. The smallest absolute Gasteiger partial charge is 0.322 e. The lowest BCUT2D eigenvalue weighted by molar-refractivity contribution is -0.538. The molecule has 0 spiro atoms. The van der Waals surface area contributed by atoms with Crippen LogP contribution in [0.3, 0.4) is 0 Å². The van der Waals surface area contributed by atoms with Crippen molar-refractivity contribution in [1.29, 1.82) is 10.8 Å². The first-order chi connectivity index (χ1) is 60.6. The van der Waals surface area contributed by atoms with Crippen molar-refractivity contribution in [3.63, 3.8) is 0 Å². The molecule has 0 bridgehead atoms. The fourth-order valence-corrected chi connectivity index (χ4v) is 13.6. The second-order valence-electron chi connectivity index (χ2n) is 31.2. The summed E-state index contributed by atoms with van der Waals surface area (Å²) >= 11 is 0. The summed E-state index contributed by atoms with van der Waals surface area (Å²) in [5, 5.41) is 80.1. The van der Waals surface area contributed by atoms with Gasteiger partial charge in [-0.3, -0.25) is 73.1 Å². The van der Waals surface area contributed by atoms with Crippen LogP contribution in [0.15, 0.2) is 132 Å². The molecule has 0 saturated carbocycles. The first-order valence-corrected chi connectivity index (χ1v) is 42.7. The maximum atomic E-state index is 14.6. The Morgan fingerprint density at radius 3 is 1.59 bits per heavy atom. The average Bonchev–Trinajstić information content (AvgIpc) is 0.751. The Morgan fingerprint density at radius 1 is 0.480 bits per heavy atom. The molecule has 24 N–H and O–H groups in total. The number of amides is 12. The Hall–Kier alpha value is -13.5. The minimum atomic E-state index is -1.82. The maximum Gasteiger partial charge on any atom is 0.322 e. The van der Waals surface area contributed by atoms with Gasteiger partial charge in [-0.05, 0) is 151 Å². The molecule has 12 amide bonds. The SMILES string of the molecule is CC[C@H](C)[C@H](NC(=O)[C@H](CCCNC(=N)N)NC(=O)CN)C(=O)NCC(=O)N[C@@H](Cc1ccccc1)C(=O)N[C@@H](CC(C)C)C(=O)N[C@@H](CCCNC(=N)N)C(=O)NC(C(=O)N[C@@H](C)C(=O)N[C@@H](CCCCNC(=O)CCCN(C)c1ccc(N=Nc2ccc3nc4ccc(N(CC)CC)cc4[n+](-c4ccccc4)c3c2)cc1)C(=O)NCC(=O)NCC(=O)O)[C@@H](C)O. The zero-order chi connectivity index (χ0) is 93.2. The van der Waals surface area contributed by atoms with Crippen molar-refractivity contribution >= 4 is 134 Å². The molecule has 40 heteroatoms. The number of nitrogens with zero attached hydrogens (tertiary/aromatic N) is 6. The number of aromatic nitrogens is 2. The fraction of sp³-hybridized carbons (Fsp3) is 0.483. The van der Waals surface area contributed by atoms with Crippen LogP contribution in [0.25, 0.3) is 27.8 Å². The number of carbonyl (C=O) groups is 13. The zero-order valence-corrected chi connectivity index (χ0v) is 73.6. The summed E-state index contributed by atoms with van der Waals surface area (Å²) in [7, 11) is 1.91. The molecule has 127 heavy (non-hydrogen) atoms. The highest BCUT2D eigenvalue weighted by atomic mass is 16.4. The van der Waals surface area contributed by atoms with Gasteiger partial charge >= 0.3 is 5.97 Å². The minimum absolute atomic E-state index is 0.0174. The van der Waals surface area contributed by atoms with Crippen molar-refractivity contribution in [2.24, 2.45) is 39.3 Å². The van der Waals surface area contributed by atoms with E-state index in [1.807, 2.05) is 72.6 Å². The van der Waals surface area contributed by atoms with Crippen LogP contribution < -0.4 is 106 Å². The van der Waals surface area contributed by atoms with E-state index in [9.17, 15) is 67.4 Å². The van der Waals surface area contributed by atoms with E-state index >= 15 is 0 Å². The van der Waals surface area contributed by atoms with Crippen molar-refractivity contribution in [3.05, 3.63) is 127 Å². The number of fused-ring (bicyclic) bond motifs is 2. The van der Waals surface area contributed by atoms with Gasteiger partial charge in [0.1, 0.15) is 65.9 Å². The number of aliphatic hydroxyl groups excluding tert-OH is 1. The average molecular weight is 1760 g/mol. The monoisotopic (exact) mass is 1760 g/mol. The van der Waals surface area contributed by atoms with Gasteiger partial charge in [0.2, 0.25) is 87.6 Å². The number of aliphatic carboxylic acids is 1. The van der Waals surface area contributed by atoms with Crippen LogP contribution in [-0.4, -0.2) is 231 Å². The molecule has 0 saturated heterocycles. The van der Waals surface area contributed by atoms with Crippen molar-refractivity contribution in [1.82, 2.24) is 79.4 Å². The summed E-state index contributed by atoms with van der Waals surface area (Å²) < 4.78 is 2.20. The summed E-state index contributed by atoms with van der Waals surface area (Å²) in [6, 6.07) is 27.0. The molecule has 0 fully saturated rings. The van der Waals surface area contributed by atoms with Crippen LogP contribution in [0.2, 0.25) is 0 Å². The maximum absolute atomic E-state index is 14.6. The molecule has 1 unspecified atom stereocenters. The van der Waals surface area contributed by atoms with Gasteiger partial charge in [-0.15, -0.1) is 4.57 Å². The molecule has 0 aliphatic carbocycles. The highest BCUT2D eigenvalue weighted by Crippen LogP contribution is 2.28. The highest BCUT2D eigenvalue weighted by molar-refractivity contribution is 5.99. The molecule has 5 aromatic carbocycles. The number of hydrogen-bond donors (Lipinski definition) is 21. The number of guanidine groups is 2. The molecular formula is C87H126N25O15+. The molecule has 688 valence electrons. The molecule has 10 atom stereocenters. The van der Waals surface area contributed by atoms with Crippen molar-refractivity contribution < 1.29 is 77.1 Å². The largest absolute Gasteiger partial charge is 0.480 e. The number of carboxylic acid groups (broad SMARTS) is 1. The first kappa shape index (κ1) is 102. The Bertz CT molecular complexity index is 4750. The quantitative estimate of drug-likeness (QED) is 0.00631. The second-order valence-corrected chi connectivity index (χ2v) is 31.2. The third kappa shape index (κ3) is 34.8. The number of aliphatic hydroxyl groups is 1. The normalized spacial score (nSPS) is 13.5. The standard InChI is InChI=1S/C87H125N25O15/c1-10-53(6)76(106-80(122)65(101-72(115)48-88)29-21-41-94-86(89)90)84(126)98-50-74(117)102-68(45-56-24-15-13-16-25-56)83(125)105-67(44-52(4)5)82(124)104-66(30-22-42-95-87(91)92)81(123)107-77(55(8)113)85(127)99-54(7)78(120)103-64(79(121)97-49-73(116)96-51-75(118)119)28-19-20-40-93-71(114)31-23-43-110(9)59-35-32-57(33-36-59)108-109-58-34-38-62-69(46-58)112(60-26-17-14-18-27-60)70-47-61(111(11-2)12-3)37-39-63(70)100-62/h13-18,24-27,32-39,46-47,52-55,64-68,76-77,113H,10-12,19-23,28-31,40-45,48-51,88H2,1-9H3,(H20-,89,90,91,92,93,94,95,96,97,98,99,101,102,103,104,105,106,107,114,115,116,117,118,119,120,121,122,123,124,125,126,127)/p+1/t53-,54-,55+,64-,65-,66-,67-,68-,76-,77?/m0/s1. The summed E-state index contributed by atoms with van der Waals surface area (Å²) in [6.07, 6.45) is -0.0546. The molecule has 0 radical (unpaired) electrons. The first-order valence-electron chi connectivity index (χ1n) is 42.7.